The maximum absolute atomic E-state index is 6.04. The van der Waals surface area contributed by atoms with Gasteiger partial charge in [-0.2, -0.15) is 0 Å². The van der Waals surface area contributed by atoms with Crippen molar-refractivity contribution in [2.45, 2.75) is 25.7 Å². The molecule has 2 heteroatoms. The zero-order valence-corrected chi connectivity index (χ0v) is 12.9. The van der Waals surface area contributed by atoms with Crippen LogP contribution >= 0.6 is 23.2 Å². The van der Waals surface area contributed by atoms with E-state index in [0.29, 0.717) is 10.0 Å². The minimum atomic E-state index is 0.668. The van der Waals surface area contributed by atoms with Gasteiger partial charge in [-0.1, -0.05) is 53.5 Å². The molecule has 0 aromatic heterocycles. The highest BCUT2D eigenvalue weighted by molar-refractivity contribution is 6.35. The first kappa shape index (κ1) is 15.2. The zero-order chi connectivity index (χ0) is 14.4. The van der Waals surface area contributed by atoms with E-state index < -0.39 is 0 Å². The molecule has 0 fully saturated rings. The quantitative estimate of drug-likeness (QED) is 0.419. The standard InChI is InChI=1S/C18H18Cl2/c1-2-3-4-5-6-14-7-9-15(10-8-14)16-11-17(19)13-18(20)12-16/h2,7-13H,1,3-6H2. The van der Waals surface area contributed by atoms with Gasteiger partial charge in [0.05, 0.1) is 0 Å². The molecule has 0 aliphatic rings. The van der Waals surface area contributed by atoms with Crippen LogP contribution < -0.4 is 0 Å². The first-order chi connectivity index (χ1) is 9.69. The Kier molecular flexibility index (Phi) is 5.70. The highest BCUT2D eigenvalue weighted by Gasteiger charge is 2.02. The molecule has 2 rings (SSSR count). The Morgan fingerprint density at radius 3 is 2.10 bits per heavy atom. The summed E-state index contributed by atoms with van der Waals surface area (Å²) in [4.78, 5) is 0. The van der Waals surface area contributed by atoms with Gasteiger partial charge in [0.2, 0.25) is 0 Å². The molecule has 0 aliphatic carbocycles. The van der Waals surface area contributed by atoms with Gasteiger partial charge in [0.25, 0.3) is 0 Å². The van der Waals surface area contributed by atoms with Crippen molar-refractivity contribution in [1.82, 2.24) is 0 Å². The van der Waals surface area contributed by atoms with E-state index in [1.54, 1.807) is 6.07 Å². The molecule has 0 heterocycles. The third-order valence-electron chi connectivity index (χ3n) is 3.27. The molecule has 0 saturated heterocycles. The molecule has 0 nitrogen and oxygen atoms in total. The van der Waals surface area contributed by atoms with Crippen LogP contribution in [0.15, 0.2) is 55.1 Å². The van der Waals surface area contributed by atoms with E-state index in [2.05, 4.69) is 30.8 Å². The first-order valence-electron chi connectivity index (χ1n) is 6.85. The van der Waals surface area contributed by atoms with E-state index in [4.69, 9.17) is 23.2 Å². The third-order valence-corrected chi connectivity index (χ3v) is 3.71. The van der Waals surface area contributed by atoms with E-state index in [1.807, 2.05) is 18.2 Å². The third kappa shape index (κ3) is 4.40. The maximum atomic E-state index is 6.04. The molecule has 2 aromatic rings. The molecule has 0 unspecified atom stereocenters. The second-order valence-electron chi connectivity index (χ2n) is 4.89. The van der Waals surface area contributed by atoms with Gasteiger partial charge in [-0.25, -0.2) is 0 Å². The fraction of sp³-hybridized carbons (Fsp3) is 0.222. The number of rotatable bonds is 6. The average Bonchev–Trinajstić information content (AvgIpc) is 2.43. The molecular weight excluding hydrogens is 287 g/mol. The summed E-state index contributed by atoms with van der Waals surface area (Å²) < 4.78 is 0. The van der Waals surface area contributed by atoms with Crippen LogP contribution in [0.3, 0.4) is 0 Å². The van der Waals surface area contributed by atoms with Crippen molar-refractivity contribution in [2.24, 2.45) is 0 Å². The van der Waals surface area contributed by atoms with Gasteiger partial charge in [-0.05, 0) is 60.6 Å². The minimum Gasteiger partial charge on any atom is -0.103 e. The topological polar surface area (TPSA) is 0 Å². The maximum Gasteiger partial charge on any atom is 0.0426 e. The van der Waals surface area contributed by atoms with Gasteiger partial charge in [0.1, 0.15) is 0 Å². The van der Waals surface area contributed by atoms with Gasteiger partial charge in [-0.3, -0.25) is 0 Å². The minimum absolute atomic E-state index is 0.668. The summed E-state index contributed by atoms with van der Waals surface area (Å²) in [6.07, 6.45) is 6.60. The van der Waals surface area contributed by atoms with Crippen molar-refractivity contribution in [3.05, 3.63) is 70.7 Å². The first-order valence-corrected chi connectivity index (χ1v) is 7.61. The number of hydrogen-bond acceptors (Lipinski definition) is 0. The SMILES string of the molecule is C=CCCCCc1ccc(-c2cc(Cl)cc(Cl)c2)cc1. The predicted molar refractivity (Wildman–Crippen MR) is 89.7 cm³/mol. The smallest absolute Gasteiger partial charge is 0.0426 e. The number of benzene rings is 2. The van der Waals surface area contributed by atoms with Crippen molar-refractivity contribution in [3.63, 3.8) is 0 Å². The van der Waals surface area contributed by atoms with E-state index in [0.717, 1.165) is 24.0 Å². The molecule has 0 radical (unpaired) electrons. The molecule has 0 atom stereocenters. The molecule has 104 valence electrons. The lowest BCUT2D eigenvalue weighted by atomic mass is 10.0. The fourth-order valence-corrected chi connectivity index (χ4v) is 2.73. The molecule has 0 spiro atoms. The van der Waals surface area contributed by atoms with E-state index in [1.165, 1.54) is 18.4 Å². The van der Waals surface area contributed by atoms with E-state index in [9.17, 15) is 0 Å². The fourth-order valence-electron chi connectivity index (χ4n) is 2.20. The Morgan fingerprint density at radius 2 is 1.50 bits per heavy atom. The Balaban J connectivity index is 2.05. The summed E-state index contributed by atoms with van der Waals surface area (Å²) in [7, 11) is 0. The van der Waals surface area contributed by atoms with Crippen LogP contribution in [0.2, 0.25) is 10.0 Å². The Hall–Kier alpha value is -1.24. The highest BCUT2D eigenvalue weighted by atomic mass is 35.5. The molecule has 20 heavy (non-hydrogen) atoms. The van der Waals surface area contributed by atoms with Gasteiger partial charge >= 0.3 is 0 Å². The Labute approximate surface area is 131 Å². The predicted octanol–water partition coefficient (Wildman–Crippen LogP) is 6.56. The molecule has 2 aromatic carbocycles. The molecule has 0 amide bonds. The van der Waals surface area contributed by atoms with Crippen LogP contribution in [0, 0.1) is 0 Å². The van der Waals surface area contributed by atoms with Crippen LogP contribution in [0.5, 0.6) is 0 Å². The monoisotopic (exact) mass is 304 g/mol. The number of unbranched alkanes of at least 4 members (excludes halogenated alkanes) is 2. The summed E-state index contributed by atoms with van der Waals surface area (Å²) in [6, 6.07) is 14.2. The summed E-state index contributed by atoms with van der Waals surface area (Å²) in [5.74, 6) is 0. The van der Waals surface area contributed by atoms with Crippen LogP contribution in [0.4, 0.5) is 0 Å². The summed E-state index contributed by atoms with van der Waals surface area (Å²) in [5, 5.41) is 1.34. The van der Waals surface area contributed by atoms with Gasteiger partial charge < -0.3 is 0 Å². The molecule has 0 N–H and O–H groups in total. The lowest BCUT2D eigenvalue weighted by Crippen LogP contribution is -1.86. The van der Waals surface area contributed by atoms with Crippen molar-refractivity contribution < 1.29 is 0 Å². The van der Waals surface area contributed by atoms with Crippen molar-refractivity contribution in [1.29, 1.82) is 0 Å². The van der Waals surface area contributed by atoms with Gasteiger partial charge in [-0.15, -0.1) is 6.58 Å². The van der Waals surface area contributed by atoms with Crippen LogP contribution in [0.25, 0.3) is 11.1 Å². The second kappa shape index (κ2) is 7.52. The van der Waals surface area contributed by atoms with Crippen molar-refractivity contribution >= 4 is 23.2 Å². The van der Waals surface area contributed by atoms with E-state index >= 15 is 0 Å². The van der Waals surface area contributed by atoms with Crippen LogP contribution in [0.1, 0.15) is 24.8 Å². The molecule has 0 bridgehead atoms. The largest absolute Gasteiger partial charge is 0.103 e. The summed E-state index contributed by atoms with van der Waals surface area (Å²) in [6.45, 7) is 3.74. The van der Waals surface area contributed by atoms with Gasteiger partial charge in [0.15, 0.2) is 0 Å². The average molecular weight is 305 g/mol. The van der Waals surface area contributed by atoms with Crippen LogP contribution in [-0.2, 0) is 6.42 Å². The second-order valence-corrected chi connectivity index (χ2v) is 5.76. The molecular formula is C18H18Cl2. The molecule has 0 saturated carbocycles. The lowest BCUT2D eigenvalue weighted by molar-refractivity contribution is 0.748. The normalized spacial score (nSPS) is 10.5. The number of halogens is 2. The Morgan fingerprint density at radius 1 is 0.850 bits per heavy atom. The van der Waals surface area contributed by atoms with Crippen molar-refractivity contribution in [3.8, 4) is 11.1 Å². The summed E-state index contributed by atoms with van der Waals surface area (Å²) in [5.41, 5.74) is 3.57. The number of hydrogen-bond donors (Lipinski definition) is 0. The summed E-state index contributed by atoms with van der Waals surface area (Å²) >= 11 is 12.1. The van der Waals surface area contributed by atoms with Gasteiger partial charge in [0, 0.05) is 10.0 Å². The number of aryl methyl sites for hydroxylation is 1. The Bertz CT molecular complexity index is 550. The lowest BCUT2D eigenvalue weighted by Gasteiger charge is -2.06. The van der Waals surface area contributed by atoms with Crippen LogP contribution in [-0.4, -0.2) is 0 Å². The van der Waals surface area contributed by atoms with Crippen molar-refractivity contribution in [2.75, 3.05) is 0 Å². The zero-order valence-electron chi connectivity index (χ0n) is 11.4. The number of allylic oxidation sites excluding steroid dienone is 1. The highest BCUT2D eigenvalue weighted by Crippen LogP contribution is 2.27. The van der Waals surface area contributed by atoms with E-state index in [-0.39, 0.29) is 0 Å². The molecule has 0 aliphatic heterocycles.